The largest absolute Gasteiger partial charge is 0.314 e. The summed E-state index contributed by atoms with van der Waals surface area (Å²) in [6, 6.07) is 0.799. The molecule has 0 aromatic heterocycles. The van der Waals surface area contributed by atoms with Crippen molar-refractivity contribution in [3.05, 3.63) is 0 Å². The van der Waals surface area contributed by atoms with E-state index in [0.717, 1.165) is 11.9 Å². The van der Waals surface area contributed by atoms with Gasteiger partial charge in [0.05, 0.1) is 0 Å². The van der Waals surface area contributed by atoms with E-state index in [2.05, 4.69) is 26.4 Å². The first-order valence-electron chi connectivity index (χ1n) is 4.84. The van der Waals surface area contributed by atoms with Crippen molar-refractivity contribution in [3.8, 4) is 0 Å². The van der Waals surface area contributed by atoms with Gasteiger partial charge in [-0.1, -0.05) is 26.1 Å². The average molecular weight is 150 g/mol. The molecule has 2 saturated heterocycles. The Hall–Kier alpha value is 0.0249. The third kappa shape index (κ3) is 1.12. The highest BCUT2D eigenvalue weighted by atomic mass is 15.0. The SMILES string of the molecule is CCC1[B]C2(C)CCNC2C1. The van der Waals surface area contributed by atoms with Gasteiger partial charge in [0.25, 0.3) is 0 Å². The van der Waals surface area contributed by atoms with Crippen LogP contribution in [0.1, 0.15) is 33.1 Å². The van der Waals surface area contributed by atoms with Crippen molar-refractivity contribution in [3.63, 3.8) is 0 Å². The summed E-state index contributed by atoms with van der Waals surface area (Å²) >= 11 is 0. The van der Waals surface area contributed by atoms with Crippen LogP contribution in [0.2, 0.25) is 11.1 Å². The summed E-state index contributed by atoms with van der Waals surface area (Å²) in [4.78, 5) is 0. The zero-order chi connectivity index (χ0) is 7.90. The monoisotopic (exact) mass is 150 g/mol. The Morgan fingerprint density at radius 1 is 1.64 bits per heavy atom. The van der Waals surface area contributed by atoms with Crippen molar-refractivity contribution in [2.45, 2.75) is 50.3 Å². The minimum absolute atomic E-state index is 0.542. The summed E-state index contributed by atoms with van der Waals surface area (Å²) in [6.45, 7) is 5.94. The third-order valence-electron chi connectivity index (χ3n) is 3.53. The quantitative estimate of drug-likeness (QED) is 0.562. The van der Waals surface area contributed by atoms with Gasteiger partial charge in [0.1, 0.15) is 7.28 Å². The van der Waals surface area contributed by atoms with Crippen LogP contribution in [0.25, 0.3) is 0 Å². The summed E-state index contributed by atoms with van der Waals surface area (Å²) < 4.78 is 0. The minimum Gasteiger partial charge on any atom is -0.314 e. The van der Waals surface area contributed by atoms with Gasteiger partial charge in [-0.3, -0.25) is 0 Å². The number of hydrogen-bond donors (Lipinski definition) is 1. The molecule has 11 heavy (non-hydrogen) atoms. The molecule has 0 bridgehead atoms. The molecule has 3 unspecified atom stereocenters. The lowest BCUT2D eigenvalue weighted by Gasteiger charge is -2.21. The maximum absolute atomic E-state index is 3.59. The summed E-state index contributed by atoms with van der Waals surface area (Å²) in [5.41, 5.74) is 0. The number of hydrogen-bond acceptors (Lipinski definition) is 1. The van der Waals surface area contributed by atoms with Crippen LogP contribution in [0.15, 0.2) is 0 Å². The molecule has 0 aromatic carbocycles. The first kappa shape index (κ1) is 7.66. The highest BCUT2D eigenvalue weighted by Crippen LogP contribution is 2.50. The van der Waals surface area contributed by atoms with Crippen LogP contribution in [0.3, 0.4) is 0 Å². The molecule has 0 spiro atoms. The molecule has 2 rings (SSSR count). The number of rotatable bonds is 1. The summed E-state index contributed by atoms with van der Waals surface area (Å²) in [5, 5.41) is 4.13. The standard InChI is InChI=1S/C9H17BN/c1-3-7-6-8-9(2,10-7)4-5-11-8/h7-8,11H,3-6H2,1-2H3. The second-order valence-electron chi connectivity index (χ2n) is 4.33. The molecule has 1 nitrogen and oxygen atoms in total. The van der Waals surface area contributed by atoms with Gasteiger partial charge in [-0.05, 0) is 24.7 Å². The molecule has 2 heteroatoms. The van der Waals surface area contributed by atoms with Crippen LogP contribution in [-0.2, 0) is 0 Å². The first-order chi connectivity index (χ1) is 5.24. The van der Waals surface area contributed by atoms with Gasteiger partial charge in [0.2, 0.25) is 0 Å². The second-order valence-corrected chi connectivity index (χ2v) is 4.33. The highest BCUT2D eigenvalue weighted by Gasteiger charge is 2.46. The Kier molecular flexibility index (Phi) is 1.75. The fraction of sp³-hybridized carbons (Fsp3) is 1.00. The molecule has 2 aliphatic rings. The fourth-order valence-corrected chi connectivity index (χ4v) is 2.67. The Bertz CT molecular complexity index is 160. The zero-order valence-electron chi connectivity index (χ0n) is 7.56. The van der Waals surface area contributed by atoms with E-state index in [9.17, 15) is 0 Å². The van der Waals surface area contributed by atoms with Crippen molar-refractivity contribution < 1.29 is 0 Å². The van der Waals surface area contributed by atoms with Gasteiger partial charge < -0.3 is 5.32 Å². The van der Waals surface area contributed by atoms with Crippen LogP contribution >= 0.6 is 0 Å². The third-order valence-corrected chi connectivity index (χ3v) is 3.53. The number of fused-ring (bicyclic) bond motifs is 1. The highest BCUT2D eigenvalue weighted by molar-refractivity contribution is 6.43. The van der Waals surface area contributed by atoms with E-state index >= 15 is 0 Å². The zero-order valence-corrected chi connectivity index (χ0v) is 7.56. The Morgan fingerprint density at radius 2 is 2.45 bits per heavy atom. The molecule has 1 radical (unpaired) electrons. The van der Waals surface area contributed by atoms with Crippen molar-refractivity contribution in [2.24, 2.45) is 0 Å². The average Bonchev–Trinajstić information content (AvgIpc) is 2.42. The van der Waals surface area contributed by atoms with Crippen LogP contribution < -0.4 is 5.32 Å². The van der Waals surface area contributed by atoms with E-state index in [4.69, 9.17) is 0 Å². The van der Waals surface area contributed by atoms with Crippen LogP contribution in [0.4, 0.5) is 0 Å². The normalized spacial score (nSPS) is 48.9. The smallest absolute Gasteiger partial charge is 0.123 e. The number of nitrogens with one attached hydrogen (secondary N) is 1. The molecule has 1 N–H and O–H groups in total. The van der Waals surface area contributed by atoms with Crippen molar-refractivity contribution >= 4 is 7.28 Å². The maximum Gasteiger partial charge on any atom is 0.123 e. The molecule has 2 heterocycles. The topological polar surface area (TPSA) is 12.0 Å². The van der Waals surface area contributed by atoms with Crippen molar-refractivity contribution in [1.82, 2.24) is 5.32 Å². The van der Waals surface area contributed by atoms with Gasteiger partial charge in [-0.25, -0.2) is 0 Å². The van der Waals surface area contributed by atoms with E-state index in [-0.39, 0.29) is 0 Å². The Balaban J connectivity index is 2.06. The summed E-state index contributed by atoms with van der Waals surface area (Å²) in [6.07, 6.45) is 4.06. The lowest BCUT2D eigenvalue weighted by Crippen LogP contribution is -2.26. The van der Waals surface area contributed by atoms with Gasteiger partial charge in [-0.2, -0.15) is 0 Å². The first-order valence-corrected chi connectivity index (χ1v) is 4.84. The molecule has 0 aromatic rings. The Morgan fingerprint density at radius 3 is 3.09 bits per heavy atom. The van der Waals surface area contributed by atoms with Gasteiger partial charge in [-0.15, -0.1) is 0 Å². The Labute approximate surface area is 70.2 Å². The molecule has 0 saturated carbocycles. The molecule has 3 atom stereocenters. The predicted octanol–water partition coefficient (Wildman–Crippen LogP) is 1.83. The fourth-order valence-electron chi connectivity index (χ4n) is 2.67. The van der Waals surface area contributed by atoms with Crippen LogP contribution in [-0.4, -0.2) is 19.9 Å². The maximum atomic E-state index is 3.59. The van der Waals surface area contributed by atoms with E-state index in [1.165, 1.54) is 25.8 Å². The molecular formula is C9H17BN. The lowest BCUT2D eigenvalue weighted by molar-refractivity contribution is 0.500. The van der Waals surface area contributed by atoms with Crippen LogP contribution in [0.5, 0.6) is 0 Å². The van der Waals surface area contributed by atoms with E-state index in [0.29, 0.717) is 5.31 Å². The van der Waals surface area contributed by atoms with Crippen molar-refractivity contribution in [1.29, 1.82) is 0 Å². The van der Waals surface area contributed by atoms with E-state index in [1.54, 1.807) is 0 Å². The molecule has 2 fully saturated rings. The second kappa shape index (κ2) is 2.51. The lowest BCUT2D eigenvalue weighted by atomic mass is 9.50. The van der Waals surface area contributed by atoms with Crippen LogP contribution in [0, 0.1) is 0 Å². The van der Waals surface area contributed by atoms with Gasteiger partial charge in [0, 0.05) is 6.04 Å². The summed E-state index contributed by atoms with van der Waals surface area (Å²) in [5.74, 6) is 0.887. The summed E-state index contributed by atoms with van der Waals surface area (Å²) in [7, 11) is 2.59. The van der Waals surface area contributed by atoms with E-state index < -0.39 is 0 Å². The predicted molar refractivity (Wildman–Crippen MR) is 49.2 cm³/mol. The van der Waals surface area contributed by atoms with Gasteiger partial charge in [0.15, 0.2) is 0 Å². The molecule has 61 valence electrons. The molecule has 0 amide bonds. The molecule has 0 aliphatic carbocycles. The minimum atomic E-state index is 0.542. The van der Waals surface area contributed by atoms with Crippen molar-refractivity contribution in [2.75, 3.05) is 6.54 Å². The molecule has 2 aliphatic heterocycles. The van der Waals surface area contributed by atoms with Gasteiger partial charge >= 0.3 is 0 Å². The molecular weight excluding hydrogens is 133 g/mol. The van der Waals surface area contributed by atoms with E-state index in [1.807, 2.05) is 0 Å².